The molecule has 1 aliphatic heterocycles. The summed E-state index contributed by atoms with van der Waals surface area (Å²) in [4.78, 5) is 2.22. The van der Waals surface area contributed by atoms with E-state index < -0.39 is 0 Å². The van der Waals surface area contributed by atoms with Crippen molar-refractivity contribution in [3.8, 4) is 0 Å². The van der Waals surface area contributed by atoms with E-state index in [-0.39, 0.29) is 24.5 Å². The summed E-state index contributed by atoms with van der Waals surface area (Å²) in [6.45, 7) is 3.19. The summed E-state index contributed by atoms with van der Waals surface area (Å²) in [6.07, 6.45) is 5.43. The fourth-order valence-corrected chi connectivity index (χ4v) is 2.44. The lowest BCUT2D eigenvalue weighted by Crippen LogP contribution is -2.50. The number of hydrogen-bond donors (Lipinski definition) is 3. The van der Waals surface area contributed by atoms with E-state index in [1.54, 1.807) is 0 Å². The minimum atomic E-state index is 0.0141. The number of hydrogen-bond acceptors (Lipinski definition) is 3. The van der Waals surface area contributed by atoms with Crippen molar-refractivity contribution in [2.75, 3.05) is 13.2 Å². The van der Waals surface area contributed by atoms with Crippen LogP contribution in [0.5, 0.6) is 0 Å². The molecule has 1 heterocycles. The number of nitrogens with one attached hydrogen (secondary N) is 1. The third-order valence-electron chi connectivity index (χ3n) is 3.28. The predicted molar refractivity (Wildman–Crippen MR) is 62.0 cm³/mol. The van der Waals surface area contributed by atoms with Crippen LogP contribution in [0.1, 0.15) is 39.0 Å². The van der Waals surface area contributed by atoms with Crippen molar-refractivity contribution in [1.29, 1.82) is 5.41 Å². The van der Waals surface area contributed by atoms with Crippen molar-refractivity contribution in [2.24, 2.45) is 5.73 Å². The second-order valence-corrected chi connectivity index (χ2v) is 4.30. The minimum Gasteiger partial charge on any atom is -0.395 e. The van der Waals surface area contributed by atoms with E-state index in [1.807, 2.05) is 6.92 Å². The molecule has 4 N–H and O–H groups in total. The van der Waals surface area contributed by atoms with Crippen molar-refractivity contribution < 1.29 is 5.11 Å². The molecule has 0 aromatic carbocycles. The van der Waals surface area contributed by atoms with Gasteiger partial charge in [0.2, 0.25) is 0 Å². The summed E-state index contributed by atoms with van der Waals surface area (Å²) in [6, 6.07) is 0.210. The lowest BCUT2D eigenvalue weighted by Gasteiger charge is -2.34. The molecule has 0 spiro atoms. The van der Waals surface area contributed by atoms with E-state index in [0.29, 0.717) is 0 Å². The van der Waals surface area contributed by atoms with Gasteiger partial charge in [0.15, 0.2) is 0 Å². The Morgan fingerprint density at radius 3 is 2.80 bits per heavy atom. The maximum absolute atomic E-state index is 9.36. The third-order valence-corrected chi connectivity index (χ3v) is 3.28. The van der Waals surface area contributed by atoms with Crippen LogP contribution in [0.25, 0.3) is 0 Å². The average Bonchev–Trinajstić information content (AvgIpc) is 2.44. The molecule has 2 atom stereocenters. The van der Waals surface area contributed by atoms with Crippen LogP contribution in [0.4, 0.5) is 0 Å². The van der Waals surface area contributed by atoms with E-state index in [0.717, 1.165) is 25.8 Å². The summed E-state index contributed by atoms with van der Waals surface area (Å²) in [5.74, 6) is 0.234. The number of nitrogens with zero attached hydrogens (tertiary/aromatic N) is 1. The van der Waals surface area contributed by atoms with Crippen molar-refractivity contribution in [2.45, 2.75) is 51.1 Å². The minimum absolute atomic E-state index is 0.0141. The van der Waals surface area contributed by atoms with Crippen LogP contribution in [0.15, 0.2) is 0 Å². The van der Waals surface area contributed by atoms with Crippen LogP contribution in [-0.4, -0.2) is 41.1 Å². The van der Waals surface area contributed by atoms with Gasteiger partial charge in [0.25, 0.3) is 0 Å². The molecule has 88 valence electrons. The van der Waals surface area contributed by atoms with Gasteiger partial charge in [-0.25, -0.2) is 0 Å². The molecule has 1 aliphatic rings. The Morgan fingerprint density at radius 1 is 1.53 bits per heavy atom. The Hall–Kier alpha value is -0.610. The molecule has 0 radical (unpaired) electrons. The monoisotopic (exact) mass is 213 g/mol. The second-order valence-electron chi connectivity index (χ2n) is 4.30. The molecular weight excluding hydrogens is 190 g/mol. The molecule has 4 nitrogen and oxygen atoms in total. The Balaban J connectivity index is 2.71. The second kappa shape index (κ2) is 6.08. The summed E-state index contributed by atoms with van der Waals surface area (Å²) >= 11 is 0. The molecule has 2 unspecified atom stereocenters. The van der Waals surface area contributed by atoms with E-state index >= 15 is 0 Å². The Kier molecular flexibility index (Phi) is 5.05. The third kappa shape index (κ3) is 3.18. The van der Waals surface area contributed by atoms with Crippen LogP contribution in [0.2, 0.25) is 0 Å². The highest BCUT2D eigenvalue weighted by atomic mass is 16.3. The topological polar surface area (TPSA) is 73.3 Å². The first-order valence-electron chi connectivity index (χ1n) is 5.91. The van der Waals surface area contributed by atoms with Gasteiger partial charge in [-0.1, -0.05) is 19.8 Å². The normalized spacial score (nSPS) is 25.9. The van der Waals surface area contributed by atoms with E-state index in [1.165, 1.54) is 12.8 Å². The van der Waals surface area contributed by atoms with Crippen LogP contribution >= 0.6 is 0 Å². The van der Waals surface area contributed by atoms with Gasteiger partial charge < -0.3 is 10.8 Å². The number of rotatable bonds is 4. The maximum Gasteiger partial charge on any atom is 0.108 e. The first-order valence-corrected chi connectivity index (χ1v) is 5.91. The molecular formula is C11H23N3O. The molecule has 0 amide bonds. The van der Waals surface area contributed by atoms with E-state index in [9.17, 15) is 5.11 Å². The molecule has 1 rings (SSSR count). The molecule has 15 heavy (non-hydrogen) atoms. The number of aliphatic hydroxyl groups is 1. The van der Waals surface area contributed by atoms with Gasteiger partial charge in [-0.2, -0.15) is 0 Å². The largest absolute Gasteiger partial charge is 0.395 e. The molecule has 0 saturated carbocycles. The van der Waals surface area contributed by atoms with E-state index in [4.69, 9.17) is 11.1 Å². The van der Waals surface area contributed by atoms with Crippen LogP contribution in [0.3, 0.4) is 0 Å². The van der Waals surface area contributed by atoms with Gasteiger partial charge in [-0.3, -0.25) is 10.3 Å². The summed E-state index contributed by atoms with van der Waals surface area (Å²) < 4.78 is 0. The highest BCUT2D eigenvalue weighted by Gasteiger charge is 2.27. The van der Waals surface area contributed by atoms with Crippen LogP contribution in [0, 0.1) is 5.41 Å². The van der Waals surface area contributed by atoms with Gasteiger partial charge in [0, 0.05) is 6.04 Å². The van der Waals surface area contributed by atoms with Gasteiger partial charge in [-0.15, -0.1) is 0 Å². The molecule has 0 aromatic heterocycles. The lowest BCUT2D eigenvalue weighted by atomic mass is 10.1. The Morgan fingerprint density at radius 2 is 2.27 bits per heavy atom. The number of amidine groups is 1. The molecule has 1 fully saturated rings. The van der Waals surface area contributed by atoms with Crippen LogP contribution in [-0.2, 0) is 0 Å². The summed E-state index contributed by atoms with van der Waals surface area (Å²) in [5.41, 5.74) is 5.61. The first kappa shape index (κ1) is 12.5. The van der Waals surface area contributed by atoms with E-state index in [2.05, 4.69) is 4.90 Å². The lowest BCUT2D eigenvalue weighted by molar-refractivity contribution is 0.106. The van der Waals surface area contributed by atoms with Gasteiger partial charge in [-0.05, 0) is 25.8 Å². The highest BCUT2D eigenvalue weighted by Crippen LogP contribution is 2.20. The smallest absolute Gasteiger partial charge is 0.108 e. The Labute approximate surface area is 92.0 Å². The summed E-state index contributed by atoms with van der Waals surface area (Å²) in [5, 5.41) is 16.9. The molecule has 0 aliphatic carbocycles. The molecule has 0 bridgehead atoms. The average molecular weight is 213 g/mol. The van der Waals surface area contributed by atoms with Gasteiger partial charge in [0.1, 0.15) is 5.84 Å². The van der Waals surface area contributed by atoms with Crippen molar-refractivity contribution in [3.05, 3.63) is 0 Å². The molecule has 1 saturated heterocycles. The molecule has 0 aromatic rings. The van der Waals surface area contributed by atoms with Crippen LogP contribution < -0.4 is 5.73 Å². The first-order chi connectivity index (χ1) is 7.20. The van der Waals surface area contributed by atoms with Gasteiger partial charge >= 0.3 is 0 Å². The van der Waals surface area contributed by atoms with Crippen molar-refractivity contribution in [3.63, 3.8) is 0 Å². The highest BCUT2D eigenvalue weighted by molar-refractivity contribution is 5.82. The zero-order chi connectivity index (χ0) is 11.3. The number of nitrogens with two attached hydrogens (primary N) is 1. The van der Waals surface area contributed by atoms with Gasteiger partial charge in [0.05, 0.1) is 12.6 Å². The molecule has 4 heteroatoms. The maximum atomic E-state index is 9.36. The fraction of sp³-hybridized carbons (Fsp3) is 0.909. The number of likely N-dealkylation sites (tertiary alicyclic amines) is 1. The van der Waals surface area contributed by atoms with Crippen molar-refractivity contribution >= 4 is 5.84 Å². The Bertz CT molecular complexity index is 208. The standard InChI is InChI=1S/C11H23N3O/c1-2-10(11(12)13)14-7-5-3-4-6-9(14)8-15/h9-10,15H,2-8H2,1H3,(H3,12,13). The quantitative estimate of drug-likeness (QED) is 0.480. The fourth-order valence-electron chi connectivity index (χ4n) is 2.44. The number of aliphatic hydroxyl groups excluding tert-OH is 1. The SMILES string of the molecule is CCC(C(=N)N)N1CCCCCC1CO. The summed E-state index contributed by atoms with van der Waals surface area (Å²) in [7, 11) is 0. The zero-order valence-corrected chi connectivity index (χ0v) is 9.58. The van der Waals surface area contributed by atoms with Crippen molar-refractivity contribution in [1.82, 2.24) is 4.90 Å². The predicted octanol–water partition coefficient (Wildman–Crippen LogP) is 0.938. The zero-order valence-electron chi connectivity index (χ0n) is 9.58.